The van der Waals surface area contributed by atoms with Crippen molar-refractivity contribution in [2.24, 2.45) is 10.8 Å². The molecule has 0 spiro atoms. The van der Waals surface area contributed by atoms with Crippen molar-refractivity contribution in [2.75, 3.05) is 0 Å². The molecule has 0 atom stereocenters. The normalized spacial score (nSPS) is 19.2. The molecule has 0 radical (unpaired) electrons. The highest BCUT2D eigenvalue weighted by Gasteiger charge is 2.39. The Hall–Kier alpha value is -3.28. The summed E-state index contributed by atoms with van der Waals surface area (Å²) in [5.74, 6) is -0.0814. The SMILES string of the molecule is CC1(C)CC(=O)c2c(n3nc(-c4ccc(F)cc4)cc3n3c4c(cc23)C(=O)CC(C)(C)C4)C1. The van der Waals surface area contributed by atoms with Gasteiger partial charge in [-0.25, -0.2) is 8.91 Å². The van der Waals surface area contributed by atoms with Gasteiger partial charge in [-0.15, -0.1) is 0 Å². The first kappa shape index (κ1) is 20.3. The summed E-state index contributed by atoms with van der Waals surface area (Å²) in [5.41, 5.74) is 6.04. The van der Waals surface area contributed by atoms with Gasteiger partial charge in [-0.1, -0.05) is 27.7 Å². The van der Waals surface area contributed by atoms with E-state index in [1.165, 1.54) is 12.1 Å². The second-order valence-electron chi connectivity index (χ2n) is 11.2. The first-order valence-corrected chi connectivity index (χ1v) is 11.4. The zero-order chi connectivity index (χ0) is 23.3. The molecule has 0 amide bonds. The number of hydrogen-bond donors (Lipinski definition) is 0. The number of fused-ring (bicyclic) bond motifs is 8. The van der Waals surface area contributed by atoms with Gasteiger partial charge in [0.1, 0.15) is 11.5 Å². The van der Waals surface area contributed by atoms with E-state index in [9.17, 15) is 14.0 Å². The van der Waals surface area contributed by atoms with Crippen LogP contribution in [0.15, 0.2) is 36.4 Å². The predicted octanol–water partition coefficient (Wildman–Crippen LogP) is 5.70. The second kappa shape index (κ2) is 6.40. The van der Waals surface area contributed by atoms with Gasteiger partial charge in [-0.05, 0) is 54.0 Å². The van der Waals surface area contributed by atoms with Crippen LogP contribution in [0.3, 0.4) is 0 Å². The minimum Gasteiger partial charge on any atom is -0.297 e. The summed E-state index contributed by atoms with van der Waals surface area (Å²) in [6.07, 6.45) is 2.41. The summed E-state index contributed by atoms with van der Waals surface area (Å²) < 4.78 is 17.5. The maximum atomic E-state index is 13.5. The van der Waals surface area contributed by atoms with Crippen LogP contribution in [0.1, 0.15) is 72.6 Å². The molecule has 168 valence electrons. The van der Waals surface area contributed by atoms with Crippen LogP contribution in [0.4, 0.5) is 4.39 Å². The topological polar surface area (TPSA) is 55.9 Å². The minimum atomic E-state index is -0.296. The molecule has 2 aliphatic carbocycles. The van der Waals surface area contributed by atoms with E-state index >= 15 is 0 Å². The molecule has 0 fully saturated rings. The molecule has 0 saturated carbocycles. The Labute approximate surface area is 191 Å². The van der Waals surface area contributed by atoms with Gasteiger partial charge >= 0.3 is 0 Å². The lowest BCUT2D eigenvalue weighted by molar-refractivity contribution is 0.0902. The fourth-order valence-electron chi connectivity index (χ4n) is 5.71. The van der Waals surface area contributed by atoms with E-state index in [-0.39, 0.29) is 28.2 Å². The molecule has 6 heteroatoms. The fraction of sp³-hybridized carbons (Fsp3) is 0.370. The molecule has 3 heterocycles. The van der Waals surface area contributed by atoms with Crippen molar-refractivity contribution in [3.63, 3.8) is 0 Å². The van der Waals surface area contributed by atoms with Crippen LogP contribution in [-0.2, 0) is 12.8 Å². The highest BCUT2D eigenvalue weighted by molar-refractivity contribution is 6.08. The van der Waals surface area contributed by atoms with Gasteiger partial charge in [0.2, 0.25) is 0 Å². The van der Waals surface area contributed by atoms with Crippen LogP contribution in [0.2, 0.25) is 0 Å². The average Bonchev–Trinajstić information content (AvgIpc) is 3.29. The van der Waals surface area contributed by atoms with Crippen LogP contribution in [0.25, 0.3) is 22.4 Å². The lowest BCUT2D eigenvalue weighted by Crippen LogP contribution is -2.30. The van der Waals surface area contributed by atoms with Crippen molar-refractivity contribution in [1.82, 2.24) is 14.0 Å². The lowest BCUT2D eigenvalue weighted by Gasteiger charge is -2.31. The molecule has 0 aliphatic heterocycles. The maximum Gasteiger partial charge on any atom is 0.167 e. The van der Waals surface area contributed by atoms with Crippen LogP contribution >= 0.6 is 0 Å². The molecule has 4 aromatic rings. The number of carbonyl (C=O) groups is 2. The van der Waals surface area contributed by atoms with Gasteiger partial charge in [0, 0.05) is 35.7 Å². The summed E-state index contributed by atoms with van der Waals surface area (Å²) in [5, 5.41) is 4.90. The van der Waals surface area contributed by atoms with Gasteiger partial charge in [0.25, 0.3) is 0 Å². The van der Waals surface area contributed by atoms with Gasteiger partial charge in [-0.3, -0.25) is 14.0 Å². The van der Waals surface area contributed by atoms with Gasteiger partial charge in [-0.2, -0.15) is 5.10 Å². The zero-order valence-electron chi connectivity index (χ0n) is 19.3. The molecule has 2 aliphatic rings. The highest BCUT2D eigenvalue weighted by Crippen LogP contribution is 2.42. The van der Waals surface area contributed by atoms with E-state index < -0.39 is 0 Å². The number of rotatable bonds is 1. The van der Waals surface area contributed by atoms with E-state index in [1.807, 2.05) is 16.6 Å². The third-order valence-electron chi connectivity index (χ3n) is 7.11. The van der Waals surface area contributed by atoms with E-state index in [0.717, 1.165) is 34.5 Å². The number of benzene rings is 1. The Morgan fingerprint density at radius 2 is 1.48 bits per heavy atom. The van der Waals surface area contributed by atoms with Crippen molar-refractivity contribution in [1.29, 1.82) is 0 Å². The largest absolute Gasteiger partial charge is 0.297 e. The quantitative estimate of drug-likeness (QED) is 0.379. The Kier molecular flexibility index (Phi) is 3.94. The Morgan fingerprint density at radius 1 is 0.848 bits per heavy atom. The van der Waals surface area contributed by atoms with Crippen molar-refractivity contribution < 1.29 is 14.0 Å². The van der Waals surface area contributed by atoms with Crippen molar-refractivity contribution in [2.45, 2.75) is 53.4 Å². The molecule has 0 bridgehead atoms. The molecular weight excluding hydrogens is 417 g/mol. The zero-order valence-corrected chi connectivity index (χ0v) is 19.3. The highest BCUT2D eigenvalue weighted by atomic mass is 19.1. The second-order valence-corrected chi connectivity index (χ2v) is 11.2. The summed E-state index contributed by atoms with van der Waals surface area (Å²) in [6, 6.07) is 10.2. The number of ketones is 2. The van der Waals surface area contributed by atoms with Gasteiger partial charge in [0.15, 0.2) is 11.6 Å². The van der Waals surface area contributed by atoms with E-state index in [1.54, 1.807) is 12.1 Å². The summed E-state index contributed by atoms with van der Waals surface area (Å²) in [4.78, 5) is 26.5. The summed E-state index contributed by atoms with van der Waals surface area (Å²) >= 11 is 0. The van der Waals surface area contributed by atoms with Crippen LogP contribution in [-0.4, -0.2) is 25.6 Å². The van der Waals surface area contributed by atoms with Crippen molar-refractivity contribution >= 4 is 22.7 Å². The Bertz CT molecular complexity index is 1500. The molecule has 6 rings (SSSR count). The number of halogens is 1. The van der Waals surface area contributed by atoms with Crippen LogP contribution in [0.5, 0.6) is 0 Å². The summed E-state index contributed by atoms with van der Waals surface area (Å²) in [7, 11) is 0. The smallest absolute Gasteiger partial charge is 0.167 e. The molecular formula is C27H26FN3O2. The number of nitrogens with zero attached hydrogens (tertiary/aromatic N) is 3. The first-order chi connectivity index (χ1) is 15.5. The Morgan fingerprint density at radius 3 is 2.18 bits per heavy atom. The van der Waals surface area contributed by atoms with Crippen molar-refractivity contribution in [3.05, 3.63) is 64.7 Å². The average molecular weight is 444 g/mol. The predicted molar refractivity (Wildman–Crippen MR) is 124 cm³/mol. The molecule has 3 aromatic heterocycles. The minimum absolute atomic E-state index is 0.0912. The van der Waals surface area contributed by atoms with Gasteiger partial charge in [0.05, 0.1) is 22.5 Å². The number of Topliss-reactive ketones (excluding diaryl/α,β-unsaturated/α-hetero) is 2. The molecule has 0 N–H and O–H groups in total. The Balaban J connectivity index is 1.74. The molecule has 0 unspecified atom stereocenters. The third kappa shape index (κ3) is 3.00. The standard InChI is InChI=1S/C27H26FN3O2/c1-26(2)11-20-17(22(32)13-26)9-19-25-21(12-27(3,4)14-23(25)33)31-24(30(19)20)10-18(29-31)15-5-7-16(28)8-6-15/h5-10H,11-14H2,1-4H3. The third-order valence-corrected chi connectivity index (χ3v) is 7.11. The van der Waals surface area contributed by atoms with E-state index in [0.29, 0.717) is 36.1 Å². The fourth-order valence-corrected chi connectivity index (χ4v) is 5.71. The first-order valence-electron chi connectivity index (χ1n) is 11.4. The lowest BCUT2D eigenvalue weighted by atomic mass is 9.75. The van der Waals surface area contributed by atoms with E-state index in [2.05, 4.69) is 32.1 Å². The number of aromatic nitrogens is 3. The molecule has 5 nitrogen and oxygen atoms in total. The number of hydrogen-bond acceptors (Lipinski definition) is 3. The van der Waals surface area contributed by atoms with Crippen LogP contribution < -0.4 is 0 Å². The number of carbonyl (C=O) groups excluding carboxylic acids is 2. The van der Waals surface area contributed by atoms with Crippen LogP contribution in [0, 0.1) is 16.6 Å². The monoisotopic (exact) mass is 443 g/mol. The maximum absolute atomic E-state index is 13.5. The van der Waals surface area contributed by atoms with Gasteiger partial charge < -0.3 is 0 Å². The van der Waals surface area contributed by atoms with E-state index in [4.69, 9.17) is 5.10 Å². The molecule has 1 aromatic carbocycles. The molecule has 0 saturated heterocycles. The molecule has 33 heavy (non-hydrogen) atoms. The summed E-state index contributed by atoms with van der Waals surface area (Å²) in [6.45, 7) is 8.42. The van der Waals surface area contributed by atoms with Crippen molar-refractivity contribution in [3.8, 4) is 11.3 Å².